The minimum absolute atomic E-state index is 0.292. The highest BCUT2D eigenvalue weighted by Gasteiger charge is 2.16. The Morgan fingerprint density at radius 1 is 0.396 bits per heavy atom. The molecule has 0 aliphatic heterocycles. The first kappa shape index (κ1) is 33.8. The standard InChI is InChI=1S/C24H17NO.C13H10.C12H9BrO/c26-24-15-14-18(16-21(24)17-8-2-1-3-9-17)25-22-12-6-4-10-19(22)20-11-5-7-13-23(20)25;1-3-7-12-10(5-1)9-11-6-2-4-8-13(11)12;13-10-6-7-12(14)11(8-10)9-4-2-1-3-5-9/h1-16,26H;1-8H,9H2;1-8,14H. The molecule has 0 unspecified atom stereocenters. The van der Waals surface area contributed by atoms with E-state index in [0.717, 1.165) is 38.8 Å². The van der Waals surface area contributed by atoms with Crippen molar-refractivity contribution in [1.29, 1.82) is 0 Å². The molecule has 0 saturated carbocycles. The quantitative estimate of drug-likeness (QED) is 0.189. The summed E-state index contributed by atoms with van der Waals surface area (Å²) in [5.74, 6) is 0.597. The summed E-state index contributed by atoms with van der Waals surface area (Å²) in [5.41, 5.74) is 12.8. The van der Waals surface area contributed by atoms with E-state index in [1.807, 2.05) is 78.9 Å². The first-order chi connectivity index (χ1) is 26.0. The summed E-state index contributed by atoms with van der Waals surface area (Å²) < 4.78 is 3.23. The molecule has 0 radical (unpaired) electrons. The van der Waals surface area contributed by atoms with Gasteiger partial charge in [0.25, 0.3) is 0 Å². The molecule has 0 bridgehead atoms. The van der Waals surface area contributed by atoms with Crippen molar-refractivity contribution in [3.8, 4) is 50.6 Å². The topological polar surface area (TPSA) is 45.4 Å². The number of hydrogen-bond acceptors (Lipinski definition) is 2. The van der Waals surface area contributed by atoms with Gasteiger partial charge in [-0.3, -0.25) is 0 Å². The van der Waals surface area contributed by atoms with Crippen LogP contribution in [-0.4, -0.2) is 14.8 Å². The second-order valence-corrected chi connectivity index (χ2v) is 13.9. The van der Waals surface area contributed by atoms with Gasteiger partial charge in [0.15, 0.2) is 0 Å². The normalized spacial score (nSPS) is 11.2. The van der Waals surface area contributed by atoms with Crippen LogP contribution in [0.3, 0.4) is 0 Å². The zero-order valence-electron chi connectivity index (χ0n) is 28.9. The molecule has 53 heavy (non-hydrogen) atoms. The van der Waals surface area contributed by atoms with E-state index in [1.54, 1.807) is 12.1 Å². The van der Waals surface area contributed by atoms with Crippen LogP contribution in [0.2, 0.25) is 0 Å². The number of fused-ring (bicyclic) bond motifs is 6. The Labute approximate surface area is 317 Å². The van der Waals surface area contributed by atoms with Gasteiger partial charge in [0.05, 0.1) is 11.0 Å². The van der Waals surface area contributed by atoms with E-state index >= 15 is 0 Å². The van der Waals surface area contributed by atoms with Gasteiger partial charge in [-0.1, -0.05) is 162 Å². The van der Waals surface area contributed by atoms with Crippen molar-refractivity contribution in [3.63, 3.8) is 0 Å². The van der Waals surface area contributed by atoms with Crippen molar-refractivity contribution in [2.24, 2.45) is 0 Å². The Hall–Kier alpha value is -6.36. The molecule has 3 nitrogen and oxygen atoms in total. The van der Waals surface area contributed by atoms with Gasteiger partial charge < -0.3 is 14.8 Å². The third-order valence-electron chi connectivity index (χ3n) is 9.65. The summed E-state index contributed by atoms with van der Waals surface area (Å²) in [7, 11) is 0. The van der Waals surface area contributed by atoms with Gasteiger partial charge in [0.2, 0.25) is 0 Å². The molecule has 0 amide bonds. The van der Waals surface area contributed by atoms with E-state index < -0.39 is 0 Å². The van der Waals surface area contributed by atoms with Crippen LogP contribution >= 0.6 is 15.9 Å². The van der Waals surface area contributed by atoms with E-state index in [-0.39, 0.29) is 0 Å². The first-order valence-electron chi connectivity index (χ1n) is 17.6. The fourth-order valence-electron chi connectivity index (χ4n) is 7.15. The molecule has 1 aliphatic carbocycles. The number of benzene rings is 8. The Balaban J connectivity index is 0.000000125. The molecule has 0 atom stereocenters. The van der Waals surface area contributed by atoms with Crippen LogP contribution in [0.1, 0.15) is 11.1 Å². The molecule has 9 aromatic rings. The predicted octanol–water partition coefficient (Wildman–Crippen LogP) is 13.2. The molecule has 0 saturated heterocycles. The molecule has 1 heterocycles. The average molecular weight is 751 g/mol. The summed E-state index contributed by atoms with van der Waals surface area (Å²) in [6.45, 7) is 0. The third-order valence-corrected chi connectivity index (χ3v) is 10.1. The lowest BCUT2D eigenvalue weighted by Gasteiger charge is -2.11. The van der Waals surface area contributed by atoms with E-state index in [2.05, 4.69) is 124 Å². The molecule has 1 aliphatic rings. The molecule has 256 valence electrons. The van der Waals surface area contributed by atoms with Crippen LogP contribution in [0.25, 0.3) is 60.9 Å². The lowest BCUT2D eigenvalue weighted by molar-refractivity contribution is 0.476. The van der Waals surface area contributed by atoms with Gasteiger partial charge in [0, 0.05) is 32.1 Å². The summed E-state index contributed by atoms with van der Waals surface area (Å²) in [6.07, 6.45) is 1.10. The summed E-state index contributed by atoms with van der Waals surface area (Å²) in [4.78, 5) is 0. The van der Waals surface area contributed by atoms with Gasteiger partial charge >= 0.3 is 0 Å². The number of hydrogen-bond donors (Lipinski definition) is 2. The van der Waals surface area contributed by atoms with Crippen molar-refractivity contribution in [2.45, 2.75) is 6.42 Å². The fourth-order valence-corrected chi connectivity index (χ4v) is 7.51. The number of phenolic OH excluding ortho intramolecular Hbond substituents is 2. The third kappa shape index (κ3) is 6.97. The van der Waals surface area contributed by atoms with Crippen LogP contribution in [0.4, 0.5) is 0 Å². The van der Waals surface area contributed by atoms with Crippen molar-refractivity contribution in [3.05, 3.63) is 210 Å². The van der Waals surface area contributed by atoms with Gasteiger partial charge in [-0.2, -0.15) is 0 Å². The number of aromatic nitrogens is 1. The van der Waals surface area contributed by atoms with E-state index in [9.17, 15) is 10.2 Å². The SMILES string of the molecule is Oc1ccc(-n2c3ccccc3c3ccccc32)cc1-c1ccccc1.Oc1ccc(Br)cc1-c1ccccc1.c1ccc2c(c1)Cc1ccccc1-2. The summed E-state index contributed by atoms with van der Waals surface area (Å²) in [5, 5.41) is 22.5. The maximum absolute atomic E-state index is 10.4. The van der Waals surface area contributed by atoms with Crippen molar-refractivity contribution < 1.29 is 10.2 Å². The molecule has 4 heteroatoms. The van der Waals surface area contributed by atoms with Crippen LogP contribution in [0, 0.1) is 0 Å². The molecule has 2 N–H and O–H groups in total. The smallest absolute Gasteiger partial charge is 0.123 e. The zero-order valence-corrected chi connectivity index (χ0v) is 30.5. The maximum Gasteiger partial charge on any atom is 0.123 e. The largest absolute Gasteiger partial charge is 0.507 e. The average Bonchev–Trinajstić information content (AvgIpc) is 3.76. The molecular formula is C49H36BrNO2. The fraction of sp³-hybridized carbons (Fsp3) is 0.0204. The second-order valence-electron chi connectivity index (χ2n) is 13.0. The Morgan fingerprint density at radius 2 is 0.830 bits per heavy atom. The van der Waals surface area contributed by atoms with E-state index in [4.69, 9.17) is 0 Å². The Morgan fingerprint density at radius 3 is 1.38 bits per heavy atom. The number of halogens is 1. The number of aromatic hydroxyl groups is 2. The van der Waals surface area contributed by atoms with Gasteiger partial charge in [-0.05, 0) is 88.3 Å². The lowest BCUT2D eigenvalue weighted by atomic mass is 10.0. The molecular weight excluding hydrogens is 714 g/mol. The molecule has 0 fully saturated rings. The zero-order chi connectivity index (χ0) is 36.1. The van der Waals surface area contributed by atoms with Crippen molar-refractivity contribution in [2.75, 3.05) is 0 Å². The molecule has 0 spiro atoms. The molecule has 10 rings (SSSR count). The van der Waals surface area contributed by atoms with Crippen LogP contribution in [0.5, 0.6) is 11.5 Å². The van der Waals surface area contributed by atoms with E-state index in [1.165, 1.54) is 44.1 Å². The minimum Gasteiger partial charge on any atom is -0.507 e. The highest BCUT2D eigenvalue weighted by Crippen LogP contribution is 2.37. The number of para-hydroxylation sites is 2. The van der Waals surface area contributed by atoms with Crippen LogP contribution in [0.15, 0.2) is 199 Å². The van der Waals surface area contributed by atoms with Crippen molar-refractivity contribution in [1.82, 2.24) is 4.57 Å². The summed E-state index contributed by atoms with van der Waals surface area (Å²) in [6, 6.07) is 65.2. The Kier molecular flexibility index (Phi) is 9.61. The Bertz CT molecular complexity index is 2580. The van der Waals surface area contributed by atoms with Crippen molar-refractivity contribution >= 4 is 37.7 Å². The van der Waals surface area contributed by atoms with Crippen LogP contribution < -0.4 is 0 Å². The minimum atomic E-state index is 0.292. The second kappa shape index (κ2) is 15.1. The lowest BCUT2D eigenvalue weighted by Crippen LogP contribution is -1.94. The maximum atomic E-state index is 10.4. The van der Waals surface area contributed by atoms with Gasteiger partial charge in [0.1, 0.15) is 11.5 Å². The summed E-state index contributed by atoms with van der Waals surface area (Å²) >= 11 is 3.38. The van der Waals surface area contributed by atoms with Gasteiger partial charge in [-0.15, -0.1) is 0 Å². The number of rotatable bonds is 3. The van der Waals surface area contributed by atoms with Gasteiger partial charge in [-0.25, -0.2) is 0 Å². The number of phenols is 2. The van der Waals surface area contributed by atoms with Crippen LogP contribution in [-0.2, 0) is 6.42 Å². The highest BCUT2D eigenvalue weighted by atomic mass is 79.9. The monoisotopic (exact) mass is 749 g/mol. The highest BCUT2D eigenvalue weighted by molar-refractivity contribution is 9.10. The predicted molar refractivity (Wildman–Crippen MR) is 224 cm³/mol. The molecule has 1 aromatic heterocycles. The number of nitrogens with zero attached hydrogens (tertiary/aromatic N) is 1. The first-order valence-corrected chi connectivity index (χ1v) is 18.4. The van der Waals surface area contributed by atoms with E-state index in [0.29, 0.717) is 11.5 Å². The molecule has 8 aromatic carbocycles.